The highest BCUT2D eigenvalue weighted by atomic mass is 16.3. The van der Waals surface area contributed by atoms with E-state index in [4.69, 9.17) is 8.83 Å². The Kier molecular flexibility index (Phi) is 6.22. The average molecular weight is 667 g/mol. The monoisotopic (exact) mass is 666 g/mol. The summed E-state index contributed by atoms with van der Waals surface area (Å²) >= 11 is 0. The van der Waals surface area contributed by atoms with Crippen LogP contribution in [0.2, 0.25) is 0 Å². The van der Waals surface area contributed by atoms with Crippen LogP contribution in [0.3, 0.4) is 0 Å². The normalized spacial score (nSPS) is 11.8. The quantitative estimate of drug-likeness (QED) is 0.183. The topological polar surface area (TPSA) is 34.5 Å². The molecule has 244 valence electrons. The van der Waals surface area contributed by atoms with Crippen LogP contribution in [-0.4, -0.2) is 4.57 Å². The first-order valence-corrected chi connectivity index (χ1v) is 17.6. The first-order chi connectivity index (χ1) is 25.8. The van der Waals surface area contributed by atoms with E-state index in [1.54, 1.807) is 0 Å². The molecule has 0 aliphatic rings. The third-order valence-electron chi connectivity index (χ3n) is 10.4. The molecule has 11 rings (SSSR count). The van der Waals surface area contributed by atoms with E-state index in [2.05, 4.69) is 173 Å². The van der Waals surface area contributed by atoms with Crippen molar-refractivity contribution in [1.82, 2.24) is 4.57 Å². The molecule has 3 aromatic heterocycles. The molecule has 0 atom stereocenters. The van der Waals surface area contributed by atoms with E-state index >= 15 is 0 Å². The second-order valence-electron chi connectivity index (χ2n) is 13.2. The number of fused-ring (bicyclic) bond motifs is 9. The Balaban J connectivity index is 1.32. The SMILES string of the molecule is c1ccc(-c2ccc(N(c3cccc4oc5ccccc5c34)c3cccc4c3c3ccccc3n4-c3ccccc3)c3c2oc2ccccc23)cc1. The number of nitrogens with zero attached hydrogens (tertiary/aromatic N) is 2. The van der Waals surface area contributed by atoms with Crippen molar-refractivity contribution >= 4 is 82.7 Å². The Hall–Kier alpha value is -7.04. The molecule has 0 spiro atoms. The number of furan rings is 2. The highest BCUT2D eigenvalue weighted by molar-refractivity contribution is 6.23. The fourth-order valence-corrected chi connectivity index (χ4v) is 8.22. The highest BCUT2D eigenvalue weighted by Gasteiger charge is 2.27. The smallest absolute Gasteiger partial charge is 0.145 e. The number of rotatable bonds is 5. The van der Waals surface area contributed by atoms with Gasteiger partial charge in [0.15, 0.2) is 0 Å². The summed E-state index contributed by atoms with van der Waals surface area (Å²) in [5.74, 6) is 0. The lowest BCUT2D eigenvalue weighted by molar-refractivity contribution is 0.669. The Morgan fingerprint density at radius 3 is 1.71 bits per heavy atom. The van der Waals surface area contributed by atoms with Gasteiger partial charge in [-0.25, -0.2) is 0 Å². The van der Waals surface area contributed by atoms with E-state index < -0.39 is 0 Å². The average Bonchev–Trinajstić information content (AvgIpc) is 3.89. The zero-order valence-corrected chi connectivity index (χ0v) is 28.0. The van der Waals surface area contributed by atoms with Crippen molar-refractivity contribution in [3.05, 3.63) is 182 Å². The molecule has 11 aromatic rings. The van der Waals surface area contributed by atoms with Gasteiger partial charge in [-0.1, -0.05) is 115 Å². The van der Waals surface area contributed by atoms with Crippen molar-refractivity contribution < 1.29 is 8.83 Å². The molecular weight excluding hydrogens is 637 g/mol. The van der Waals surface area contributed by atoms with Gasteiger partial charge in [-0.2, -0.15) is 0 Å². The lowest BCUT2D eigenvalue weighted by Crippen LogP contribution is -2.11. The second-order valence-corrected chi connectivity index (χ2v) is 13.2. The second kappa shape index (κ2) is 11.2. The minimum Gasteiger partial charge on any atom is -0.456 e. The van der Waals surface area contributed by atoms with Crippen LogP contribution in [0.5, 0.6) is 0 Å². The standard InChI is InChI=1S/C48H30N2O2/c1-3-15-31(16-4-1)33-29-30-41(47-36-21-9-12-27-43(36)52-48(33)47)50(40-25-14-28-44-46(40)35-20-8-11-26-42(35)51-44)39-24-13-23-38-45(39)34-19-7-10-22-37(34)49(38)32-17-5-2-6-18-32/h1-30H. The predicted octanol–water partition coefficient (Wildman–Crippen LogP) is 13.7. The van der Waals surface area contributed by atoms with Crippen LogP contribution < -0.4 is 4.90 Å². The van der Waals surface area contributed by atoms with Gasteiger partial charge in [-0.3, -0.25) is 0 Å². The predicted molar refractivity (Wildman–Crippen MR) is 215 cm³/mol. The molecule has 0 fully saturated rings. The van der Waals surface area contributed by atoms with Crippen LogP contribution in [-0.2, 0) is 0 Å². The van der Waals surface area contributed by atoms with Crippen LogP contribution in [0.4, 0.5) is 17.1 Å². The minimum absolute atomic E-state index is 0.844. The lowest BCUT2D eigenvalue weighted by atomic mass is 9.99. The van der Waals surface area contributed by atoms with Crippen LogP contribution in [0, 0.1) is 0 Å². The molecule has 0 saturated carbocycles. The molecule has 4 nitrogen and oxygen atoms in total. The number of hydrogen-bond acceptors (Lipinski definition) is 3. The Morgan fingerprint density at radius 1 is 0.365 bits per heavy atom. The Morgan fingerprint density at radius 2 is 0.923 bits per heavy atom. The molecule has 0 aliphatic carbocycles. The van der Waals surface area contributed by atoms with Crippen LogP contribution in [0.25, 0.3) is 82.5 Å². The van der Waals surface area contributed by atoms with Gasteiger partial charge in [-0.05, 0) is 72.3 Å². The van der Waals surface area contributed by atoms with Gasteiger partial charge in [0, 0.05) is 32.8 Å². The van der Waals surface area contributed by atoms with E-state index in [9.17, 15) is 0 Å². The molecule has 0 unspecified atom stereocenters. The first kappa shape index (κ1) is 28.8. The van der Waals surface area contributed by atoms with Crippen molar-refractivity contribution in [2.75, 3.05) is 4.90 Å². The van der Waals surface area contributed by atoms with Gasteiger partial charge >= 0.3 is 0 Å². The zero-order chi connectivity index (χ0) is 34.2. The van der Waals surface area contributed by atoms with Gasteiger partial charge < -0.3 is 18.3 Å². The maximum Gasteiger partial charge on any atom is 0.145 e. The number of anilines is 3. The molecule has 0 N–H and O–H groups in total. The minimum atomic E-state index is 0.844. The summed E-state index contributed by atoms with van der Waals surface area (Å²) in [6.45, 7) is 0. The number of hydrogen-bond donors (Lipinski definition) is 0. The molecule has 0 saturated heterocycles. The molecule has 3 heterocycles. The molecular formula is C48H30N2O2. The van der Waals surface area contributed by atoms with E-state index in [0.29, 0.717) is 0 Å². The van der Waals surface area contributed by atoms with E-state index in [-0.39, 0.29) is 0 Å². The summed E-state index contributed by atoms with van der Waals surface area (Å²) in [4.78, 5) is 2.44. The largest absolute Gasteiger partial charge is 0.456 e. The summed E-state index contributed by atoms with van der Waals surface area (Å²) in [7, 11) is 0. The fraction of sp³-hybridized carbons (Fsp3) is 0. The molecule has 8 aromatic carbocycles. The fourth-order valence-electron chi connectivity index (χ4n) is 8.22. The van der Waals surface area contributed by atoms with Gasteiger partial charge in [0.05, 0.1) is 38.9 Å². The van der Waals surface area contributed by atoms with E-state index in [0.717, 1.165) is 88.8 Å². The van der Waals surface area contributed by atoms with Gasteiger partial charge in [0.25, 0.3) is 0 Å². The van der Waals surface area contributed by atoms with Gasteiger partial charge in [0.2, 0.25) is 0 Å². The summed E-state index contributed by atoms with van der Waals surface area (Å²) in [6.07, 6.45) is 0. The van der Waals surface area contributed by atoms with Crippen LogP contribution in [0.1, 0.15) is 0 Å². The molecule has 0 amide bonds. The molecule has 0 radical (unpaired) electrons. The number of benzene rings is 8. The third kappa shape index (κ3) is 4.15. The third-order valence-corrected chi connectivity index (χ3v) is 10.4. The highest BCUT2D eigenvalue weighted by Crippen LogP contribution is 2.51. The Bertz CT molecular complexity index is 3120. The zero-order valence-electron chi connectivity index (χ0n) is 28.0. The van der Waals surface area contributed by atoms with Crippen molar-refractivity contribution in [2.45, 2.75) is 0 Å². The van der Waals surface area contributed by atoms with Crippen molar-refractivity contribution in [1.29, 1.82) is 0 Å². The molecule has 0 bridgehead atoms. The van der Waals surface area contributed by atoms with Crippen molar-refractivity contribution in [3.8, 4) is 16.8 Å². The first-order valence-electron chi connectivity index (χ1n) is 17.6. The summed E-state index contributed by atoms with van der Waals surface area (Å²) in [5, 5.41) is 6.62. The van der Waals surface area contributed by atoms with Crippen molar-refractivity contribution in [2.24, 2.45) is 0 Å². The number of aromatic nitrogens is 1. The van der Waals surface area contributed by atoms with Crippen LogP contribution >= 0.6 is 0 Å². The van der Waals surface area contributed by atoms with Gasteiger partial charge in [-0.15, -0.1) is 0 Å². The molecule has 4 heteroatoms. The van der Waals surface area contributed by atoms with E-state index in [1.807, 2.05) is 18.2 Å². The maximum atomic E-state index is 6.81. The molecule has 52 heavy (non-hydrogen) atoms. The van der Waals surface area contributed by atoms with Crippen LogP contribution in [0.15, 0.2) is 191 Å². The molecule has 0 aliphatic heterocycles. The Labute approximate surface area is 299 Å². The number of para-hydroxylation sites is 4. The summed E-state index contributed by atoms with van der Waals surface area (Å²) in [6, 6.07) is 64.1. The maximum absolute atomic E-state index is 6.81. The summed E-state index contributed by atoms with van der Waals surface area (Å²) in [5.41, 5.74) is 12.1. The van der Waals surface area contributed by atoms with Gasteiger partial charge in [0.1, 0.15) is 22.3 Å². The summed E-state index contributed by atoms with van der Waals surface area (Å²) < 4.78 is 15.7. The van der Waals surface area contributed by atoms with E-state index in [1.165, 1.54) is 10.8 Å². The van der Waals surface area contributed by atoms with Crippen molar-refractivity contribution in [3.63, 3.8) is 0 Å². The lowest BCUT2D eigenvalue weighted by Gasteiger charge is -2.28.